The van der Waals surface area contributed by atoms with Crippen molar-refractivity contribution in [3.63, 3.8) is 0 Å². The molecule has 0 aliphatic heterocycles. The van der Waals surface area contributed by atoms with Crippen LogP contribution in [0.2, 0.25) is 0 Å². The first-order valence-electron chi connectivity index (χ1n) is 6.39. The average molecular weight is 294 g/mol. The predicted octanol–water partition coefficient (Wildman–Crippen LogP) is 1.04. The molecule has 0 aliphatic rings. The number of hydrogen-bond acceptors (Lipinski definition) is 4. The molecule has 0 unspecified atom stereocenters. The van der Waals surface area contributed by atoms with Gasteiger partial charge in [0.2, 0.25) is 0 Å². The first kappa shape index (κ1) is 13.1. The number of aromatic nitrogens is 7. The molecule has 3 heterocycles. The average Bonchev–Trinajstić information content (AvgIpc) is 3.03. The molecule has 3 aromatic heterocycles. The van der Waals surface area contributed by atoms with E-state index in [9.17, 15) is 0 Å². The molecule has 7 nitrogen and oxygen atoms in total. The minimum absolute atomic E-state index is 0.536. The lowest BCUT2D eigenvalue weighted by molar-refractivity contribution is 0.651. The molecule has 0 saturated heterocycles. The maximum Gasteiger partial charge on any atom is 0.159 e. The van der Waals surface area contributed by atoms with Crippen molar-refractivity contribution in [2.75, 3.05) is 5.88 Å². The van der Waals surface area contributed by atoms with E-state index in [1.807, 2.05) is 30.3 Å². The molecule has 8 heteroatoms. The lowest BCUT2D eigenvalue weighted by Crippen LogP contribution is -2.12. The number of imidazole rings is 1. The molecule has 0 fully saturated rings. The standard InChI is InChI=1S/C12H16ClN7/c1-8-11-12(19(3)17-8)20(9(15-11)4-5-13)6-10-16-14-7-18(10)2/h7H,4-6H2,1-3H3. The van der Waals surface area contributed by atoms with Gasteiger partial charge in [-0.25, -0.2) is 4.98 Å². The maximum atomic E-state index is 5.89. The van der Waals surface area contributed by atoms with Crippen molar-refractivity contribution in [3.8, 4) is 0 Å². The van der Waals surface area contributed by atoms with Crippen LogP contribution in [-0.4, -0.2) is 40.0 Å². The smallest absolute Gasteiger partial charge is 0.159 e. The molecule has 0 amide bonds. The van der Waals surface area contributed by atoms with Crippen molar-refractivity contribution in [2.24, 2.45) is 14.1 Å². The van der Waals surface area contributed by atoms with Gasteiger partial charge in [0.05, 0.1) is 12.2 Å². The summed E-state index contributed by atoms with van der Waals surface area (Å²) >= 11 is 5.89. The first-order chi connectivity index (χ1) is 9.61. The van der Waals surface area contributed by atoms with Crippen molar-refractivity contribution >= 4 is 22.8 Å². The zero-order valence-corrected chi connectivity index (χ0v) is 12.5. The molecule has 20 heavy (non-hydrogen) atoms. The zero-order valence-electron chi connectivity index (χ0n) is 11.7. The summed E-state index contributed by atoms with van der Waals surface area (Å²) in [4.78, 5) is 4.67. The minimum Gasteiger partial charge on any atom is -0.319 e. The molecule has 0 bridgehead atoms. The number of fused-ring (bicyclic) bond motifs is 1. The van der Waals surface area contributed by atoms with Crippen LogP contribution in [0.3, 0.4) is 0 Å². The molecule has 106 valence electrons. The van der Waals surface area contributed by atoms with E-state index in [1.165, 1.54) is 0 Å². The Balaban J connectivity index is 2.15. The Morgan fingerprint density at radius 2 is 2.05 bits per heavy atom. The number of rotatable bonds is 4. The van der Waals surface area contributed by atoms with Crippen LogP contribution < -0.4 is 0 Å². The highest BCUT2D eigenvalue weighted by atomic mass is 35.5. The van der Waals surface area contributed by atoms with E-state index in [1.54, 1.807) is 6.33 Å². The third-order valence-corrected chi connectivity index (χ3v) is 3.58. The molecule has 3 aromatic rings. The molecule has 0 aliphatic carbocycles. The summed E-state index contributed by atoms with van der Waals surface area (Å²) in [5.74, 6) is 2.36. The fraction of sp³-hybridized carbons (Fsp3) is 0.500. The first-order valence-corrected chi connectivity index (χ1v) is 6.92. The van der Waals surface area contributed by atoms with E-state index < -0.39 is 0 Å². The van der Waals surface area contributed by atoms with Crippen LogP contribution in [0.1, 0.15) is 17.3 Å². The van der Waals surface area contributed by atoms with Crippen molar-refractivity contribution in [1.29, 1.82) is 0 Å². The van der Waals surface area contributed by atoms with Gasteiger partial charge >= 0.3 is 0 Å². The van der Waals surface area contributed by atoms with Crippen LogP contribution in [0, 0.1) is 6.92 Å². The second-order valence-electron chi connectivity index (χ2n) is 4.79. The monoisotopic (exact) mass is 293 g/mol. The van der Waals surface area contributed by atoms with Crippen LogP contribution in [-0.2, 0) is 27.1 Å². The molecule has 0 N–H and O–H groups in total. The van der Waals surface area contributed by atoms with Crippen LogP contribution >= 0.6 is 11.6 Å². The summed E-state index contributed by atoms with van der Waals surface area (Å²) in [5, 5.41) is 12.5. The Morgan fingerprint density at radius 3 is 2.70 bits per heavy atom. The quantitative estimate of drug-likeness (QED) is 0.674. The summed E-state index contributed by atoms with van der Waals surface area (Å²) in [6.45, 7) is 2.57. The fourth-order valence-electron chi connectivity index (χ4n) is 2.41. The number of hydrogen-bond donors (Lipinski definition) is 0. The summed E-state index contributed by atoms with van der Waals surface area (Å²) in [6, 6.07) is 0. The van der Waals surface area contributed by atoms with Gasteiger partial charge in [-0.3, -0.25) is 4.68 Å². The van der Waals surface area contributed by atoms with E-state index in [2.05, 4.69) is 24.8 Å². The number of halogens is 1. The molecule has 3 rings (SSSR count). The van der Waals surface area contributed by atoms with Gasteiger partial charge in [0, 0.05) is 26.4 Å². The van der Waals surface area contributed by atoms with E-state index in [0.29, 0.717) is 18.8 Å². The van der Waals surface area contributed by atoms with Gasteiger partial charge in [0.15, 0.2) is 11.5 Å². The highest BCUT2D eigenvalue weighted by Crippen LogP contribution is 2.20. The highest BCUT2D eigenvalue weighted by molar-refractivity contribution is 6.17. The van der Waals surface area contributed by atoms with Crippen molar-refractivity contribution in [2.45, 2.75) is 19.9 Å². The van der Waals surface area contributed by atoms with Gasteiger partial charge in [0.25, 0.3) is 0 Å². The molecular weight excluding hydrogens is 278 g/mol. The lowest BCUT2D eigenvalue weighted by Gasteiger charge is -2.08. The third kappa shape index (κ3) is 1.98. The largest absolute Gasteiger partial charge is 0.319 e. The molecule has 0 saturated carbocycles. The van der Waals surface area contributed by atoms with Crippen LogP contribution in [0.15, 0.2) is 6.33 Å². The Morgan fingerprint density at radius 1 is 1.25 bits per heavy atom. The third-order valence-electron chi connectivity index (χ3n) is 3.39. The van der Waals surface area contributed by atoms with Crippen LogP contribution in [0.4, 0.5) is 0 Å². The van der Waals surface area contributed by atoms with Crippen LogP contribution in [0.5, 0.6) is 0 Å². The second-order valence-corrected chi connectivity index (χ2v) is 5.17. The fourth-order valence-corrected chi connectivity index (χ4v) is 2.58. The predicted molar refractivity (Wildman–Crippen MR) is 75.8 cm³/mol. The summed E-state index contributed by atoms with van der Waals surface area (Å²) in [6.07, 6.45) is 2.41. The van der Waals surface area contributed by atoms with E-state index in [-0.39, 0.29) is 0 Å². The number of aryl methyl sites for hydroxylation is 4. The molecule has 0 spiro atoms. The van der Waals surface area contributed by atoms with Gasteiger partial charge in [-0.2, -0.15) is 5.10 Å². The number of alkyl halides is 1. The normalized spacial score (nSPS) is 11.6. The molecule has 0 radical (unpaired) electrons. The maximum absolute atomic E-state index is 5.89. The van der Waals surface area contributed by atoms with Crippen molar-refractivity contribution < 1.29 is 0 Å². The zero-order chi connectivity index (χ0) is 14.3. The van der Waals surface area contributed by atoms with Crippen molar-refractivity contribution in [3.05, 3.63) is 23.7 Å². The van der Waals surface area contributed by atoms with Gasteiger partial charge in [-0.1, -0.05) is 0 Å². The van der Waals surface area contributed by atoms with E-state index in [0.717, 1.165) is 28.5 Å². The van der Waals surface area contributed by atoms with Gasteiger partial charge < -0.3 is 9.13 Å². The van der Waals surface area contributed by atoms with E-state index >= 15 is 0 Å². The minimum atomic E-state index is 0.536. The Kier molecular flexibility index (Phi) is 3.21. The Labute approximate surface area is 121 Å². The SMILES string of the molecule is Cc1nn(C)c2c1nc(CCCl)n2Cc1nncn1C. The lowest BCUT2D eigenvalue weighted by atomic mass is 10.4. The van der Waals surface area contributed by atoms with Gasteiger partial charge in [-0.05, 0) is 6.92 Å². The topological polar surface area (TPSA) is 66.3 Å². The Bertz CT molecular complexity index is 751. The molecule has 0 aromatic carbocycles. The highest BCUT2D eigenvalue weighted by Gasteiger charge is 2.18. The van der Waals surface area contributed by atoms with Gasteiger partial charge in [0.1, 0.15) is 17.7 Å². The molecule has 0 atom stereocenters. The molecular formula is C12H16ClN7. The van der Waals surface area contributed by atoms with Crippen molar-refractivity contribution in [1.82, 2.24) is 34.1 Å². The van der Waals surface area contributed by atoms with Gasteiger partial charge in [-0.15, -0.1) is 21.8 Å². The second kappa shape index (κ2) is 4.90. The summed E-state index contributed by atoms with van der Waals surface area (Å²) < 4.78 is 5.87. The van der Waals surface area contributed by atoms with E-state index in [4.69, 9.17) is 11.6 Å². The number of nitrogens with zero attached hydrogens (tertiary/aromatic N) is 7. The van der Waals surface area contributed by atoms with Crippen LogP contribution in [0.25, 0.3) is 11.2 Å². The summed E-state index contributed by atoms with van der Waals surface area (Å²) in [7, 11) is 3.85. The summed E-state index contributed by atoms with van der Waals surface area (Å²) in [5.41, 5.74) is 2.84. The Hall–Kier alpha value is -1.89.